The number of carboxylic acids is 1. The molecule has 2 N–H and O–H groups in total. The van der Waals surface area contributed by atoms with Gasteiger partial charge < -0.3 is 19.9 Å². The van der Waals surface area contributed by atoms with Crippen LogP contribution in [0.3, 0.4) is 0 Å². The standard InChI is InChI=1S/C16H19NO5/c1-4-9-22-13-7-5-12(10-14(13)21-3)6-8-15(18)17-11(2)16(19)20/h4-8,10-11H,1,9H2,2-3H3,(H,17,18)(H,19,20)/b8-6+/t11-/m0/s1. The third-order valence-electron chi connectivity index (χ3n) is 2.70. The molecule has 0 unspecified atom stereocenters. The number of aliphatic carboxylic acids is 1. The number of nitrogens with one attached hydrogen (secondary N) is 1. The minimum atomic E-state index is -1.09. The number of benzene rings is 1. The molecule has 0 aliphatic heterocycles. The molecule has 0 saturated heterocycles. The van der Waals surface area contributed by atoms with Crippen LogP contribution in [0.15, 0.2) is 36.9 Å². The predicted octanol–water partition coefficient (Wildman–Crippen LogP) is 1.86. The first kappa shape index (κ1) is 17.3. The van der Waals surface area contributed by atoms with Gasteiger partial charge in [0.1, 0.15) is 12.6 Å². The molecule has 0 fully saturated rings. The van der Waals surface area contributed by atoms with Crippen molar-refractivity contribution < 1.29 is 24.2 Å². The highest BCUT2D eigenvalue weighted by atomic mass is 16.5. The van der Waals surface area contributed by atoms with E-state index in [1.54, 1.807) is 30.4 Å². The molecular weight excluding hydrogens is 286 g/mol. The van der Waals surface area contributed by atoms with Crippen LogP contribution in [0, 0.1) is 0 Å². The van der Waals surface area contributed by atoms with Gasteiger partial charge in [0.05, 0.1) is 7.11 Å². The quantitative estimate of drug-likeness (QED) is 0.565. The number of hydrogen-bond acceptors (Lipinski definition) is 4. The Morgan fingerprint density at radius 1 is 1.41 bits per heavy atom. The Hall–Kier alpha value is -2.76. The van der Waals surface area contributed by atoms with Gasteiger partial charge in [-0.1, -0.05) is 18.7 Å². The second-order valence-electron chi connectivity index (χ2n) is 4.41. The van der Waals surface area contributed by atoms with Crippen molar-refractivity contribution in [3.05, 3.63) is 42.5 Å². The van der Waals surface area contributed by atoms with Crippen molar-refractivity contribution in [3.63, 3.8) is 0 Å². The molecule has 1 atom stereocenters. The normalized spacial score (nSPS) is 11.7. The zero-order valence-electron chi connectivity index (χ0n) is 12.5. The smallest absolute Gasteiger partial charge is 0.325 e. The van der Waals surface area contributed by atoms with E-state index in [0.29, 0.717) is 18.1 Å². The number of methoxy groups -OCH3 is 1. The van der Waals surface area contributed by atoms with Crippen LogP contribution in [-0.4, -0.2) is 36.7 Å². The van der Waals surface area contributed by atoms with Crippen molar-refractivity contribution in [2.24, 2.45) is 0 Å². The van der Waals surface area contributed by atoms with Crippen LogP contribution < -0.4 is 14.8 Å². The maximum Gasteiger partial charge on any atom is 0.325 e. The minimum absolute atomic E-state index is 0.362. The van der Waals surface area contributed by atoms with Crippen molar-refractivity contribution in [2.45, 2.75) is 13.0 Å². The van der Waals surface area contributed by atoms with Crippen LogP contribution in [0.1, 0.15) is 12.5 Å². The van der Waals surface area contributed by atoms with E-state index in [9.17, 15) is 9.59 Å². The lowest BCUT2D eigenvalue weighted by Crippen LogP contribution is -2.37. The van der Waals surface area contributed by atoms with E-state index >= 15 is 0 Å². The Morgan fingerprint density at radius 2 is 2.14 bits per heavy atom. The fraction of sp³-hybridized carbons (Fsp3) is 0.250. The molecular formula is C16H19NO5. The summed E-state index contributed by atoms with van der Waals surface area (Å²) in [6, 6.07) is 4.25. The van der Waals surface area contributed by atoms with Crippen LogP contribution >= 0.6 is 0 Å². The van der Waals surface area contributed by atoms with E-state index in [-0.39, 0.29) is 0 Å². The van der Waals surface area contributed by atoms with Crippen molar-refractivity contribution >= 4 is 18.0 Å². The Bertz CT molecular complexity index is 580. The third-order valence-corrected chi connectivity index (χ3v) is 2.70. The molecule has 0 saturated carbocycles. The SMILES string of the molecule is C=CCOc1ccc(/C=C/C(=O)N[C@@H](C)C(=O)O)cc1OC. The second kappa shape index (κ2) is 8.51. The maximum atomic E-state index is 11.6. The van der Waals surface area contributed by atoms with Crippen molar-refractivity contribution in [3.8, 4) is 11.5 Å². The first-order valence-electron chi connectivity index (χ1n) is 6.61. The molecule has 1 aromatic carbocycles. The summed E-state index contributed by atoms with van der Waals surface area (Å²) in [6.07, 6.45) is 4.45. The van der Waals surface area contributed by atoms with E-state index in [4.69, 9.17) is 14.6 Å². The molecule has 1 rings (SSSR count). The lowest BCUT2D eigenvalue weighted by atomic mass is 10.2. The summed E-state index contributed by atoms with van der Waals surface area (Å²) in [5.74, 6) is -0.472. The zero-order valence-corrected chi connectivity index (χ0v) is 12.5. The highest BCUT2D eigenvalue weighted by molar-refractivity contribution is 5.94. The molecule has 0 bridgehead atoms. The van der Waals surface area contributed by atoms with Crippen LogP contribution in [0.4, 0.5) is 0 Å². The fourth-order valence-corrected chi connectivity index (χ4v) is 1.55. The summed E-state index contributed by atoms with van der Waals surface area (Å²) >= 11 is 0. The molecule has 0 aliphatic rings. The van der Waals surface area contributed by atoms with Crippen LogP contribution in [-0.2, 0) is 9.59 Å². The van der Waals surface area contributed by atoms with Gasteiger partial charge in [-0.3, -0.25) is 9.59 Å². The number of rotatable bonds is 8. The van der Waals surface area contributed by atoms with Crippen molar-refractivity contribution in [1.29, 1.82) is 0 Å². The summed E-state index contributed by atoms with van der Waals surface area (Å²) < 4.78 is 10.6. The monoisotopic (exact) mass is 305 g/mol. The summed E-state index contributed by atoms with van der Waals surface area (Å²) in [4.78, 5) is 22.2. The van der Waals surface area contributed by atoms with Crippen LogP contribution in [0.25, 0.3) is 6.08 Å². The molecule has 6 heteroatoms. The van der Waals surface area contributed by atoms with Gasteiger partial charge in [0, 0.05) is 6.08 Å². The van der Waals surface area contributed by atoms with Gasteiger partial charge in [-0.15, -0.1) is 0 Å². The number of ether oxygens (including phenoxy) is 2. The molecule has 0 aromatic heterocycles. The van der Waals surface area contributed by atoms with E-state index in [0.717, 1.165) is 5.56 Å². The molecule has 1 aromatic rings. The molecule has 0 heterocycles. The summed E-state index contributed by atoms with van der Waals surface area (Å²) in [6.45, 7) is 5.32. The van der Waals surface area contributed by atoms with Crippen LogP contribution in [0.5, 0.6) is 11.5 Å². The highest BCUT2D eigenvalue weighted by Gasteiger charge is 2.11. The highest BCUT2D eigenvalue weighted by Crippen LogP contribution is 2.28. The Morgan fingerprint density at radius 3 is 2.73 bits per heavy atom. The van der Waals surface area contributed by atoms with E-state index in [1.165, 1.54) is 20.1 Å². The van der Waals surface area contributed by atoms with Crippen LogP contribution in [0.2, 0.25) is 0 Å². The van der Waals surface area contributed by atoms with Gasteiger partial charge >= 0.3 is 5.97 Å². The van der Waals surface area contributed by atoms with Gasteiger partial charge in [-0.25, -0.2) is 0 Å². The van der Waals surface area contributed by atoms with Gasteiger partial charge in [0.2, 0.25) is 5.91 Å². The maximum absolute atomic E-state index is 11.6. The lowest BCUT2D eigenvalue weighted by molar-refractivity contribution is -0.140. The molecule has 6 nitrogen and oxygen atoms in total. The number of hydrogen-bond donors (Lipinski definition) is 2. The van der Waals surface area contributed by atoms with E-state index in [2.05, 4.69) is 11.9 Å². The molecule has 22 heavy (non-hydrogen) atoms. The fourth-order valence-electron chi connectivity index (χ4n) is 1.55. The molecule has 0 spiro atoms. The molecule has 1 amide bonds. The van der Waals surface area contributed by atoms with Gasteiger partial charge in [-0.2, -0.15) is 0 Å². The van der Waals surface area contributed by atoms with Gasteiger partial charge in [0.25, 0.3) is 0 Å². The van der Waals surface area contributed by atoms with E-state index in [1.807, 2.05) is 0 Å². The second-order valence-corrected chi connectivity index (χ2v) is 4.41. The largest absolute Gasteiger partial charge is 0.493 e. The minimum Gasteiger partial charge on any atom is -0.493 e. The molecule has 118 valence electrons. The average molecular weight is 305 g/mol. The van der Waals surface area contributed by atoms with Crippen molar-refractivity contribution in [1.82, 2.24) is 5.32 Å². The number of carbonyl (C=O) groups is 2. The van der Waals surface area contributed by atoms with Crippen molar-refractivity contribution in [2.75, 3.05) is 13.7 Å². The first-order valence-corrected chi connectivity index (χ1v) is 6.61. The van der Waals surface area contributed by atoms with Gasteiger partial charge in [-0.05, 0) is 30.7 Å². The topological polar surface area (TPSA) is 84.9 Å². The van der Waals surface area contributed by atoms with E-state index < -0.39 is 17.9 Å². The Kier molecular flexibility index (Phi) is 6.69. The Balaban J connectivity index is 2.76. The Labute approximate surface area is 129 Å². The zero-order chi connectivity index (χ0) is 16.5. The number of carbonyl (C=O) groups excluding carboxylic acids is 1. The van der Waals surface area contributed by atoms with Gasteiger partial charge in [0.15, 0.2) is 11.5 Å². The average Bonchev–Trinajstić information content (AvgIpc) is 2.50. The lowest BCUT2D eigenvalue weighted by Gasteiger charge is -2.10. The number of amides is 1. The number of carboxylic acid groups (broad SMARTS) is 1. The molecule has 0 radical (unpaired) electrons. The summed E-state index contributed by atoms with van der Waals surface area (Å²) in [5, 5.41) is 11.0. The third kappa shape index (κ3) is 5.32. The first-order chi connectivity index (χ1) is 10.5. The predicted molar refractivity (Wildman–Crippen MR) is 83.0 cm³/mol. The molecule has 0 aliphatic carbocycles. The summed E-state index contributed by atoms with van der Waals surface area (Å²) in [5.41, 5.74) is 0.723. The summed E-state index contributed by atoms with van der Waals surface area (Å²) in [7, 11) is 1.52.